The first-order valence-corrected chi connectivity index (χ1v) is 9.82. The predicted molar refractivity (Wildman–Crippen MR) is 93.3 cm³/mol. The van der Waals surface area contributed by atoms with Crippen molar-refractivity contribution >= 4 is 0 Å². The second-order valence-electron chi connectivity index (χ2n) is 9.68. The summed E-state index contributed by atoms with van der Waals surface area (Å²) in [5.74, 6) is 6.39. The van der Waals surface area contributed by atoms with Gasteiger partial charge in [0.1, 0.15) is 11.5 Å². The molecule has 2 nitrogen and oxygen atoms in total. The third kappa shape index (κ3) is 2.99. The van der Waals surface area contributed by atoms with E-state index >= 15 is 0 Å². The van der Waals surface area contributed by atoms with E-state index in [1.807, 2.05) is 6.92 Å². The summed E-state index contributed by atoms with van der Waals surface area (Å²) in [5.41, 5.74) is 0.135. The number of furan rings is 1. The number of quaternary nitrogens is 1. The molecule has 1 heterocycles. The molecular formula is C21H34NO+. The Morgan fingerprint density at radius 2 is 1.70 bits per heavy atom. The molecule has 0 saturated heterocycles. The first-order chi connectivity index (χ1) is 10.9. The van der Waals surface area contributed by atoms with Gasteiger partial charge in [0, 0.05) is 23.7 Å². The van der Waals surface area contributed by atoms with E-state index < -0.39 is 0 Å². The van der Waals surface area contributed by atoms with E-state index in [0.717, 1.165) is 41.2 Å². The zero-order chi connectivity index (χ0) is 16.2. The highest BCUT2D eigenvalue weighted by Gasteiger charge is 2.50. The molecule has 23 heavy (non-hydrogen) atoms. The van der Waals surface area contributed by atoms with Gasteiger partial charge in [0.25, 0.3) is 0 Å². The highest BCUT2D eigenvalue weighted by atomic mass is 16.3. The lowest BCUT2D eigenvalue weighted by Gasteiger charge is -2.53. The molecule has 0 aromatic carbocycles. The molecule has 0 unspecified atom stereocenters. The van der Waals surface area contributed by atoms with Crippen LogP contribution < -0.4 is 5.32 Å². The number of nitrogens with two attached hydrogens (primary N) is 1. The van der Waals surface area contributed by atoms with E-state index in [0.29, 0.717) is 6.04 Å². The smallest absolute Gasteiger partial charge is 0.109 e. The highest BCUT2D eigenvalue weighted by molar-refractivity contribution is 5.14. The van der Waals surface area contributed by atoms with Gasteiger partial charge in [-0.1, -0.05) is 13.8 Å². The number of hydrogen-bond donors (Lipinski definition) is 1. The Labute approximate surface area is 141 Å². The molecule has 2 heteroatoms. The summed E-state index contributed by atoms with van der Waals surface area (Å²) in [7, 11) is 0. The quantitative estimate of drug-likeness (QED) is 0.873. The number of rotatable bonds is 5. The van der Waals surface area contributed by atoms with Crippen LogP contribution in [-0.4, -0.2) is 12.1 Å². The summed E-state index contributed by atoms with van der Waals surface area (Å²) in [5, 5.41) is 2.75. The summed E-state index contributed by atoms with van der Waals surface area (Å²) in [6.45, 7) is 9.16. The standard InChI is InChI=1S/C21H33NO/c1-13(12-21(3,4)19-6-5-14(2)23-19)22-20-17-8-15-7-16(10-17)11-18(20)9-15/h5-6,13,15-18,20,22H,7-12H2,1-4H3/p+1/t13-,15?,16?,17?,18?,20?/m0/s1. The minimum atomic E-state index is 0.135. The molecule has 4 fully saturated rings. The minimum Gasteiger partial charge on any atom is -0.466 e. The van der Waals surface area contributed by atoms with Crippen LogP contribution in [0.5, 0.6) is 0 Å². The van der Waals surface area contributed by atoms with Gasteiger partial charge in [-0.2, -0.15) is 0 Å². The van der Waals surface area contributed by atoms with Crippen LogP contribution in [0, 0.1) is 30.6 Å². The van der Waals surface area contributed by atoms with Gasteiger partial charge in [-0.3, -0.25) is 0 Å². The van der Waals surface area contributed by atoms with Crippen molar-refractivity contribution in [2.45, 2.75) is 83.7 Å². The van der Waals surface area contributed by atoms with Gasteiger partial charge < -0.3 is 9.73 Å². The van der Waals surface area contributed by atoms with Crippen LogP contribution in [0.1, 0.15) is 70.8 Å². The van der Waals surface area contributed by atoms with Crippen molar-refractivity contribution < 1.29 is 9.73 Å². The summed E-state index contributed by atoms with van der Waals surface area (Å²) in [6.07, 6.45) is 8.87. The van der Waals surface area contributed by atoms with Crippen LogP contribution in [0.3, 0.4) is 0 Å². The monoisotopic (exact) mass is 316 g/mol. The van der Waals surface area contributed by atoms with Crippen LogP contribution in [0.4, 0.5) is 0 Å². The van der Waals surface area contributed by atoms with Crippen molar-refractivity contribution in [1.29, 1.82) is 0 Å². The van der Waals surface area contributed by atoms with Gasteiger partial charge in [-0.05, 0) is 69.9 Å². The van der Waals surface area contributed by atoms with Crippen molar-refractivity contribution in [2.24, 2.45) is 23.7 Å². The zero-order valence-corrected chi connectivity index (χ0v) is 15.3. The lowest BCUT2D eigenvalue weighted by Crippen LogP contribution is -2.98. The zero-order valence-electron chi connectivity index (χ0n) is 15.3. The summed E-state index contributed by atoms with van der Waals surface area (Å²) < 4.78 is 5.92. The minimum absolute atomic E-state index is 0.135. The summed E-state index contributed by atoms with van der Waals surface area (Å²) >= 11 is 0. The average molecular weight is 317 g/mol. The van der Waals surface area contributed by atoms with Crippen molar-refractivity contribution in [3.8, 4) is 0 Å². The van der Waals surface area contributed by atoms with E-state index in [2.05, 4.69) is 38.2 Å². The molecule has 0 spiro atoms. The van der Waals surface area contributed by atoms with Crippen molar-refractivity contribution in [3.63, 3.8) is 0 Å². The fourth-order valence-electron chi connectivity index (χ4n) is 6.43. The normalized spacial score (nSPS) is 37.3. The largest absolute Gasteiger partial charge is 0.466 e. The molecule has 5 rings (SSSR count). The predicted octanol–water partition coefficient (Wildman–Crippen LogP) is 4.03. The van der Waals surface area contributed by atoms with Gasteiger partial charge in [-0.25, -0.2) is 0 Å². The van der Waals surface area contributed by atoms with Gasteiger partial charge in [0.05, 0.1) is 12.1 Å². The Bertz CT molecular complexity index is 530. The first-order valence-electron chi connectivity index (χ1n) is 9.82. The van der Waals surface area contributed by atoms with E-state index in [-0.39, 0.29) is 5.41 Å². The maximum absolute atomic E-state index is 5.92. The van der Waals surface area contributed by atoms with Crippen LogP contribution in [0.2, 0.25) is 0 Å². The molecule has 1 aromatic rings. The molecular weight excluding hydrogens is 282 g/mol. The van der Waals surface area contributed by atoms with E-state index in [1.165, 1.54) is 32.1 Å². The van der Waals surface area contributed by atoms with Crippen molar-refractivity contribution in [1.82, 2.24) is 0 Å². The Balaban J connectivity index is 1.39. The van der Waals surface area contributed by atoms with Gasteiger partial charge in [0.15, 0.2) is 0 Å². The van der Waals surface area contributed by atoms with Gasteiger partial charge in [-0.15, -0.1) is 0 Å². The van der Waals surface area contributed by atoms with Crippen molar-refractivity contribution in [3.05, 3.63) is 23.7 Å². The molecule has 2 N–H and O–H groups in total. The molecule has 4 saturated carbocycles. The Hall–Kier alpha value is -0.760. The first kappa shape index (κ1) is 15.7. The van der Waals surface area contributed by atoms with Gasteiger partial charge >= 0.3 is 0 Å². The third-order valence-electron chi connectivity index (χ3n) is 7.09. The topological polar surface area (TPSA) is 29.8 Å². The number of aryl methyl sites for hydroxylation is 1. The molecule has 0 amide bonds. The van der Waals surface area contributed by atoms with E-state index in [9.17, 15) is 0 Å². The molecule has 1 aromatic heterocycles. The maximum Gasteiger partial charge on any atom is 0.109 e. The molecule has 1 atom stereocenters. The summed E-state index contributed by atoms with van der Waals surface area (Å²) in [6, 6.07) is 5.86. The SMILES string of the molecule is Cc1ccc(C(C)(C)C[C@H](C)[NH2+]C2C3CC4CC(C3)CC2C4)o1. The molecule has 4 aliphatic rings. The fourth-order valence-corrected chi connectivity index (χ4v) is 6.43. The lowest BCUT2D eigenvalue weighted by molar-refractivity contribution is -0.737. The average Bonchev–Trinajstić information content (AvgIpc) is 2.89. The highest BCUT2D eigenvalue weighted by Crippen LogP contribution is 2.52. The van der Waals surface area contributed by atoms with Crippen LogP contribution >= 0.6 is 0 Å². The van der Waals surface area contributed by atoms with Crippen LogP contribution in [0.15, 0.2) is 16.5 Å². The number of hydrogen-bond acceptors (Lipinski definition) is 1. The van der Waals surface area contributed by atoms with Gasteiger partial charge in [0.2, 0.25) is 0 Å². The van der Waals surface area contributed by atoms with Crippen LogP contribution in [0.25, 0.3) is 0 Å². The Morgan fingerprint density at radius 3 is 2.22 bits per heavy atom. The second-order valence-corrected chi connectivity index (χ2v) is 9.68. The van der Waals surface area contributed by atoms with Crippen LogP contribution in [-0.2, 0) is 5.41 Å². The Morgan fingerprint density at radius 1 is 1.09 bits per heavy atom. The second kappa shape index (κ2) is 5.65. The maximum atomic E-state index is 5.92. The lowest BCUT2D eigenvalue weighted by atomic mass is 9.54. The summed E-state index contributed by atoms with van der Waals surface area (Å²) in [4.78, 5) is 0. The Kier molecular flexibility index (Phi) is 3.87. The van der Waals surface area contributed by atoms with Crippen molar-refractivity contribution in [2.75, 3.05) is 0 Å². The van der Waals surface area contributed by atoms with E-state index in [1.54, 1.807) is 6.42 Å². The fraction of sp³-hybridized carbons (Fsp3) is 0.810. The van der Waals surface area contributed by atoms with E-state index in [4.69, 9.17) is 4.42 Å². The third-order valence-corrected chi connectivity index (χ3v) is 7.09. The molecule has 4 aliphatic carbocycles. The molecule has 4 bridgehead atoms. The molecule has 0 radical (unpaired) electrons. The molecule has 0 aliphatic heterocycles. The molecule has 128 valence electrons.